The number of halogens is 1. The Morgan fingerprint density at radius 3 is 2.25 bits per heavy atom. The van der Waals surface area contributed by atoms with Gasteiger partial charge < -0.3 is 4.52 Å². The van der Waals surface area contributed by atoms with Gasteiger partial charge in [-0.15, -0.1) is 0 Å². The van der Waals surface area contributed by atoms with Crippen LogP contribution >= 0.6 is 7.68 Å². The highest BCUT2D eigenvalue weighted by Crippen LogP contribution is 2.54. The minimum atomic E-state index is -4.28. The second kappa shape index (κ2) is 6.02. The van der Waals surface area contributed by atoms with E-state index < -0.39 is 18.7 Å². The summed E-state index contributed by atoms with van der Waals surface area (Å²) in [7, 11) is -4.28. The van der Waals surface area contributed by atoms with Gasteiger partial charge in [-0.3, -0.25) is 14.7 Å². The Labute approximate surface area is 117 Å². The highest BCUT2D eigenvalue weighted by atomic mass is 31.2. The van der Waals surface area contributed by atoms with Crippen LogP contribution in [0.1, 0.15) is 33.3 Å². The first-order valence-corrected chi connectivity index (χ1v) is 7.92. The zero-order valence-corrected chi connectivity index (χ0v) is 12.9. The Balaban J connectivity index is 2.76. The molecular formula is C13H19FNO4P. The lowest BCUT2D eigenvalue weighted by Gasteiger charge is -2.28. The molecule has 0 spiro atoms. The van der Waals surface area contributed by atoms with Crippen molar-refractivity contribution >= 4 is 13.4 Å². The molecule has 2 atom stereocenters. The molecule has 0 aromatic heterocycles. The van der Waals surface area contributed by atoms with Gasteiger partial charge >= 0.3 is 7.68 Å². The summed E-state index contributed by atoms with van der Waals surface area (Å²) >= 11 is 0. The molecule has 0 aliphatic rings. The topological polar surface area (TPSA) is 69.4 Å². The Bertz CT molecular complexity index is 524. The molecule has 0 saturated carbocycles. The van der Waals surface area contributed by atoms with Crippen LogP contribution in [0.25, 0.3) is 0 Å². The van der Waals surface area contributed by atoms with Crippen molar-refractivity contribution in [3.63, 3.8) is 0 Å². The standard InChI is InChI=1S/C13H19FNO4P/c1-10(13(2,3)4)19-20(14,18)9-11-5-7-12(8-6-11)15(16)17/h5-8,10H,9H2,1-4H3. The molecule has 7 heteroatoms. The highest BCUT2D eigenvalue weighted by molar-refractivity contribution is 7.52. The Hall–Kier alpha value is -1.26. The molecule has 0 heterocycles. The lowest BCUT2D eigenvalue weighted by Crippen LogP contribution is -2.24. The molecule has 0 aliphatic heterocycles. The fraction of sp³-hybridized carbons (Fsp3) is 0.538. The number of non-ortho nitro benzene ring substituents is 1. The predicted octanol–water partition coefficient (Wildman–Crippen LogP) is 4.71. The monoisotopic (exact) mass is 303 g/mol. The summed E-state index contributed by atoms with van der Waals surface area (Å²) in [5, 5.41) is 10.5. The third-order valence-electron chi connectivity index (χ3n) is 3.05. The maximum atomic E-state index is 14.0. The highest BCUT2D eigenvalue weighted by Gasteiger charge is 2.31. The van der Waals surface area contributed by atoms with Crippen molar-refractivity contribution in [3.8, 4) is 0 Å². The smallest absolute Gasteiger partial charge is 0.302 e. The van der Waals surface area contributed by atoms with Crippen LogP contribution in [0.15, 0.2) is 24.3 Å². The molecule has 0 bridgehead atoms. The van der Waals surface area contributed by atoms with Crippen molar-refractivity contribution in [1.29, 1.82) is 0 Å². The van der Waals surface area contributed by atoms with Crippen molar-refractivity contribution in [2.24, 2.45) is 5.41 Å². The molecule has 112 valence electrons. The minimum absolute atomic E-state index is 0.0913. The van der Waals surface area contributed by atoms with Gasteiger partial charge in [0.2, 0.25) is 0 Å². The third kappa shape index (κ3) is 5.02. The molecule has 1 rings (SSSR count). The fourth-order valence-electron chi connectivity index (χ4n) is 1.37. The summed E-state index contributed by atoms with van der Waals surface area (Å²) in [6, 6.07) is 5.27. The molecule has 0 radical (unpaired) electrons. The van der Waals surface area contributed by atoms with Crippen LogP contribution in [-0.2, 0) is 15.3 Å². The minimum Gasteiger partial charge on any atom is -0.302 e. The van der Waals surface area contributed by atoms with E-state index in [0.29, 0.717) is 5.56 Å². The van der Waals surface area contributed by atoms with Crippen LogP contribution in [-0.4, -0.2) is 11.0 Å². The van der Waals surface area contributed by atoms with E-state index in [2.05, 4.69) is 0 Å². The molecule has 0 saturated heterocycles. The quantitative estimate of drug-likeness (QED) is 0.449. The number of nitro benzene ring substituents is 1. The Morgan fingerprint density at radius 1 is 1.35 bits per heavy atom. The van der Waals surface area contributed by atoms with Gasteiger partial charge in [0.15, 0.2) is 0 Å². The summed E-state index contributed by atoms with van der Waals surface area (Å²) in [5.41, 5.74) is -0.00835. The van der Waals surface area contributed by atoms with E-state index in [-0.39, 0.29) is 17.3 Å². The summed E-state index contributed by atoms with van der Waals surface area (Å²) in [4.78, 5) is 9.96. The van der Waals surface area contributed by atoms with Crippen molar-refractivity contribution in [3.05, 3.63) is 39.9 Å². The molecule has 5 nitrogen and oxygen atoms in total. The van der Waals surface area contributed by atoms with Gasteiger partial charge in [0.05, 0.1) is 17.2 Å². The lowest BCUT2D eigenvalue weighted by molar-refractivity contribution is -0.384. The third-order valence-corrected chi connectivity index (χ3v) is 4.43. The van der Waals surface area contributed by atoms with Gasteiger partial charge in [-0.2, -0.15) is 4.20 Å². The molecule has 0 aliphatic carbocycles. The molecule has 1 aromatic carbocycles. The van der Waals surface area contributed by atoms with Gasteiger partial charge in [0.1, 0.15) is 0 Å². The molecular weight excluding hydrogens is 284 g/mol. The zero-order chi connectivity index (χ0) is 15.6. The first kappa shape index (κ1) is 16.8. The normalized spacial score (nSPS) is 16.4. The molecule has 0 fully saturated rings. The second-order valence-electron chi connectivity index (χ2n) is 5.79. The average molecular weight is 303 g/mol. The van der Waals surface area contributed by atoms with Gasteiger partial charge in [0, 0.05) is 12.1 Å². The maximum Gasteiger partial charge on any atom is 0.372 e. The van der Waals surface area contributed by atoms with Crippen LogP contribution in [0, 0.1) is 15.5 Å². The summed E-state index contributed by atoms with van der Waals surface area (Å²) < 4.78 is 30.9. The van der Waals surface area contributed by atoms with Crippen LogP contribution in [0.2, 0.25) is 0 Å². The first-order valence-electron chi connectivity index (χ1n) is 6.22. The van der Waals surface area contributed by atoms with Crippen LogP contribution in [0.3, 0.4) is 0 Å². The van der Waals surface area contributed by atoms with Crippen LogP contribution in [0.5, 0.6) is 0 Å². The van der Waals surface area contributed by atoms with Gasteiger partial charge in [-0.25, -0.2) is 0 Å². The van der Waals surface area contributed by atoms with Crippen molar-refractivity contribution in [1.82, 2.24) is 0 Å². The van der Waals surface area contributed by atoms with Gasteiger partial charge in [0.25, 0.3) is 5.69 Å². The Morgan fingerprint density at radius 2 is 1.85 bits per heavy atom. The van der Waals surface area contributed by atoms with Gasteiger partial charge in [-0.05, 0) is 17.9 Å². The van der Waals surface area contributed by atoms with E-state index in [9.17, 15) is 18.9 Å². The van der Waals surface area contributed by atoms with E-state index in [1.165, 1.54) is 24.3 Å². The maximum absolute atomic E-state index is 14.0. The number of benzene rings is 1. The average Bonchev–Trinajstić information content (AvgIpc) is 2.27. The number of nitrogens with zero attached hydrogens (tertiary/aromatic N) is 1. The Kier molecular flexibility index (Phi) is 5.05. The van der Waals surface area contributed by atoms with Crippen LogP contribution in [0.4, 0.5) is 9.88 Å². The molecule has 20 heavy (non-hydrogen) atoms. The SMILES string of the molecule is CC(OP(=O)(F)Cc1ccc([N+](=O)[O-])cc1)C(C)(C)C. The molecule has 1 aromatic rings. The van der Waals surface area contributed by atoms with Gasteiger partial charge in [-0.1, -0.05) is 32.9 Å². The van der Waals surface area contributed by atoms with E-state index in [1.807, 2.05) is 20.8 Å². The van der Waals surface area contributed by atoms with E-state index in [0.717, 1.165) is 0 Å². The molecule has 0 amide bonds. The molecule has 0 N–H and O–H groups in total. The van der Waals surface area contributed by atoms with E-state index in [4.69, 9.17) is 4.52 Å². The first-order chi connectivity index (χ1) is 9.01. The van der Waals surface area contributed by atoms with E-state index in [1.54, 1.807) is 6.92 Å². The second-order valence-corrected chi connectivity index (χ2v) is 7.49. The number of rotatable bonds is 5. The molecule has 2 unspecified atom stereocenters. The number of nitro groups is 1. The van der Waals surface area contributed by atoms with Crippen molar-refractivity contribution in [2.75, 3.05) is 0 Å². The van der Waals surface area contributed by atoms with Crippen molar-refractivity contribution < 1.29 is 18.2 Å². The summed E-state index contributed by atoms with van der Waals surface area (Å²) in [5.74, 6) is 0. The zero-order valence-electron chi connectivity index (χ0n) is 12.0. The number of hydrogen-bond donors (Lipinski definition) is 0. The van der Waals surface area contributed by atoms with Crippen LogP contribution < -0.4 is 0 Å². The predicted molar refractivity (Wildman–Crippen MR) is 75.5 cm³/mol. The fourth-order valence-corrected chi connectivity index (χ4v) is 2.88. The lowest BCUT2D eigenvalue weighted by atomic mass is 9.91. The van der Waals surface area contributed by atoms with E-state index >= 15 is 0 Å². The number of hydrogen-bond acceptors (Lipinski definition) is 4. The summed E-state index contributed by atoms with van der Waals surface area (Å²) in [6.07, 6.45) is -0.887. The largest absolute Gasteiger partial charge is 0.372 e. The summed E-state index contributed by atoms with van der Waals surface area (Å²) in [6.45, 7) is 7.26. The van der Waals surface area contributed by atoms with Crippen molar-refractivity contribution in [2.45, 2.75) is 40.0 Å².